The van der Waals surface area contributed by atoms with E-state index in [0.717, 1.165) is 56.2 Å². The van der Waals surface area contributed by atoms with Gasteiger partial charge in [-0.05, 0) is 80.1 Å². The number of aliphatic carboxylic acids is 1. The Morgan fingerprint density at radius 3 is 1.85 bits per heavy atom. The Morgan fingerprint density at radius 2 is 1.27 bits per heavy atom. The van der Waals surface area contributed by atoms with E-state index in [1.54, 1.807) is 12.1 Å². The van der Waals surface area contributed by atoms with Gasteiger partial charge in [0.1, 0.15) is 15.9 Å². The highest BCUT2D eigenvalue weighted by Crippen LogP contribution is 2.47. The number of nitrogens with zero attached hydrogens (tertiary/aromatic N) is 3. The standard InChI is InChI=1S/C28H21NO3S.C21H20N2O3S/c30-23-16-21(15-20-11-6-10-17-7-4-5-12-22(17)20)24(18-13-14-18)27-29(23)25(28(31)32)26(33-27)19-8-2-1-3-9-19;1-22(2)19-15(10-14-8-5-7-13-6-3-4-9-16(13)14)11-18(24)23-17(21(25)26)12-27-20(19)23/h1-12,16,18H,13-15H2,(H,31,32);3-9,11,17H,10,12H2,1-2H3,(H,25,26)/t;17-/m.0/s1. The number of aromatic nitrogens is 2. The van der Waals surface area contributed by atoms with Gasteiger partial charge in [0, 0.05) is 38.4 Å². The minimum Gasteiger partial charge on any atom is -0.480 e. The average Bonchev–Trinajstić information content (AvgIpc) is 3.83. The molecule has 10 rings (SSSR count). The Hall–Kier alpha value is -6.43. The minimum absolute atomic E-state index is 0.0600. The number of thiazole rings is 1. The molecule has 0 unspecified atom stereocenters. The summed E-state index contributed by atoms with van der Waals surface area (Å²) in [5.41, 5.74) is 6.68. The number of fused-ring (bicyclic) bond motifs is 4. The minimum atomic E-state index is -1.08. The number of benzene rings is 5. The Morgan fingerprint density at radius 1 is 0.700 bits per heavy atom. The lowest BCUT2D eigenvalue weighted by Crippen LogP contribution is -2.30. The molecular formula is C49H41N3O6S2. The first-order chi connectivity index (χ1) is 29.1. The van der Waals surface area contributed by atoms with Gasteiger partial charge in [-0.25, -0.2) is 9.59 Å². The lowest BCUT2D eigenvalue weighted by Gasteiger charge is -2.22. The second-order valence-electron chi connectivity index (χ2n) is 15.5. The van der Waals surface area contributed by atoms with Crippen LogP contribution in [0.15, 0.2) is 142 Å². The fraction of sp³-hybridized carbons (Fsp3) is 0.184. The van der Waals surface area contributed by atoms with Crippen LogP contribution in [0.25, 0.3) is 36.8 Å². The van der Waals surface area contributed by atoms with Gasteiger partial charge in [0.25, 0.3) is 11.1 Å². The molecule has 0 radical (unpaired) electrons. The predicted molar refractivity (Wildman–Crippen MR) is 242 cm³/mol. The van der Waals surface area contributed by atoms with Crippen LogP contribution >= 0.6 is 23.1 Å². The molecule has 0 bridgehead atoms. The van der Waals surface area contributed by atoms with Crippen molar-refractivity contribution in [2.24, 2.45) is 0 Å². The van der Waals surface area contributed by atoms with E-state index in [1.165, 1.54) is 59.2 Å². The number of rotatable bonds is 9. The summed E-state index contributed by atoms with van der Waals surface area (Å²) in [7, 11) is 3.86. The largest absolute Gasteiger partial charge is 0.480 e. The number of hydrogen-bond donors (Lipinski definition) is 2. The molecule has 1 fully saturated rings. The second kappa shape index (κ2) is 16.0. The zero-order chi connectivity index (χ0) is 41.7. The number of carboxylic acids is 2. The van der Waals surface area contributed by atoms with Gasteiger partial charge in [0.2, 0.25) is 0 Å². The summed E-state index contributed by atoms with van der Waals surface area (Å²) in [6, 6.07) is 40.9. The number of aromatic carboxylic acids is 1. The zero-order valence-corrected chi connectivity index (χ0v) is 34.6. The molecule has 0 amide bonds. The SMILES string of the molecule is CN(C)c1c(Cc2cccc3ccccc23)cc(=O)n2c1SC[C@H]2C(=O)O.O=C(O)c1c(-c2ccccc2)sc2c(C3CC3)c(Cc3cccc4ccccc34)cc(=O)n12. The van der Waals surface area contributed by atoms with Gasteiger partial charge in [-0.1, -0.05) is 115 Å². The molecule has 60 heavy (non-hydrogen) atoms. The molecule has 2 aliphatic rings. The molecule has 2 N–H and O–H groups in total. The number of carboxylic acid groups (broad SMARTS) is 2. The molecule has 5 aromatic carbocycles. The van der Waals surface area contributed by atoms with Crippen LogP contribution in [0.2, 0.25) is 0 Å². The summed E-state index contributed by atoms with van der Waals surface area (Å²) >= 11 is 2.87. The van der Waals surface area contributed by atoms with E-state index in [1.807, 2.05) is 79.7 Å². The van der Waals surface area contributed by atoms with Crippen molar-refractivity contribution < 1.29 is 19.8 Å². The van der Waals surface area contributed by atoms with Crippen molar-refractivity contribution in [3.63, 3.8) is 0 Å². The van der Waals surface area contributed by atoms with Gasteiger partial charge in [0.15, 0.2) is 5.69 Å². The normalized spacial score (nSPS) is 14.5. The number of thioether (sulfide) groups is 1. The molecule has 11 heteroatoms. The maximum Gasteiger partial charge on any atom is 0.354 e. The first-order valence-corrected chi connectivity index (χ1v) is 21.6. The molecule has 0 saturated heterocycles. The van der Waals surface area contributed by atoms with E-state index in [9.17, 15) is 29.4 Å². The van der Waals surface area contributed by atoms with Crippen molar-refractivity contribution in [1.82, 2.24) is 8.97 Å². The molecule has 1 aliphatic carbocycles. The third-order valence-corrected chi connectivity index (χ3v) is 13.7. The summed E-state index contributed by atoms with van der Waals surface area (Å²) in [6.45, 7) is 0. The van der Waals surface area contributed by atoms with Crippen molar-refractivity contribution in [3.8, 4) is 10.4 Å². The van der Waals surface area contributed by atoms with E-state index in [4.69, 9.17) is 0 Å². The Kier molecular flexibility index (Phi) is 10.4. The molecule has 4 heterocycles. The van der Waals surface area contributed by atoms with Gasteiger partial charge in [-0.2, -0.15) is 0 Å². The molecule has 300 valence electrons. The van der Waals surface area contributed by atoms with Gasteiger partial charge in [-0.15, -0.1) is 23.1 Å². The first kappa shape index (κ1) is 39.1. The van der Waals surface area contributed by atoms with Crippen LogP contribution in [0, 0.1) is 0 Å². The second-order valence-corrected chi connectivity index (χ2v) is 17.5. The zero-order valence-electron chi connectivity index (χ0n) is 33.0. The van der Waals surface area contributed by atoms with Crippen LogP contribution in [-0.2, 0) is 17.6 Å². The van der Waals surface area contributed by atoms with E-state index in [-0.39, 0.29) is 16.8 Å². The molecule has 1 atom stereocenters. The first-order valence-electron chi connectivity index (χ1n) is 19.8. The number of pyridine rings is 2. The maximum atomic E-state index is 13.3. The molecule has 1 aliphatic heterocycles. The van der Waals surface area contributed by atoms with Gasteiger partial charge >= 0.3 is 11.9 Å². The Bertz CT molecular complexity index is 3100. The monoisotopic (exact) mass is 831 g/mol. The molecular weight excluding hydrogens is 791 g/mol. The Labute approximate surface area is 353 Å². The lowest BCUT2D eigenvalue weighted by molar-refractivity contribution is -0.140. The van der Waals surface area contributed by atoms with E-state index >= 15 is 0 Å². The van der Waals surface area contributed by atoms with Crippen molar-refractivity contribution in [1.29, 1.82) is 0 Å². The maximum absolute atomic E-state index is 13.3. The summed E-state index contributed by atoms with van der Waals surface area (Å²) in [5.74, 6) is -1.29. The Balaban J connectivity index is 0.000000158. The summed E-state index contributed by atoms with van der Waals surface area (Å²) in [5, 5.41) is 24.9. The third-order valence-electron chi connectivity index (χ3n) is 11.4. The highest BCUT2D eigenvalue weighted by atomic mass is 32.2. The van der Waals surface area contributed by atoms with Gasteiger partial charge in [0.05, 0.1) is 10.6 Å². The van der Waals surface area contributed by atoms with Crippen molar-refractivity contribution in [3.05, 3.63) is 182 Å². The van der Waals surface area contributed by atoms with Crippen LogP contribution in [0.5, 0.6) is 0 Å². The fourth-order valence-corrected chi connectivity index (χ4v) is 11.4. The number of anilines is 1. The number of hydrogen-bond acceptors (Lipinski definition) is 7. The van der Waals surface area contributed by atoms with Gasteiger partial charge < -0.3 is 15.1 Å². The van der Waals surface area contributed by atoms with Crippen molar-refractivity contribution in [2.75, 3.05) is 24.7 Å². The summed E-state index contributed by atoms with van der Waals surface area (Å²) in [6.07, 6.45) is 3.41. The van der Waals surface area contributed by atoms with Crippen LogP contribution in [0.4, 0.5) is 5.69 Å². The highest BCUT2D eigenvalue weighted by Gasteiger charge is 2.34. The van der Waals surface area contributed by atoms with Crippen LogP contribution < -0.4 is 16.0 Å². The van der Waals surface area contributed by atoms with Crippen molar-refractivity contribution >= 4 is 67.1 Å². The quantitative estimate of drug-likeness (QED) is 0.148. The molecule has 9 nitrogen and oxygen atoms in total. The number of carbonyl (C=O) groups is 2. The van der Waals surface area contributed by atoms with Crippen LogP contribution in [0.3, 0.4) is 0 Å². The third kappa shape index (κ3) is 7.18. The van der Waals surface area contributed by atoms with E-state index < -0.39 is 18.0 Å². The average molecular weight is 832 g/mol. The highest BCUT2D eigenvalue weighted by molar-refractivity contribution is 7.99. The predicted octanol–water partition coefficient (Wildman–Crippen LogP) is 9.74. The topological polar surface area (TPSA) is 121 Å². The van der Waals surface area contributed by atoms with Gasteiger partial charge in [-0.3, -0.25) is 18.6 Å². The van der Waals surface area contributed by atoms with Crippen LogP contribution in [-0.4, -0.2) is 51.0 Å². The van der Waals surface area contributed by atoms with E-state index in [0.29, 0.717) is 29.4 Å². The van der Waals surface area contributed by atoms with Crippen LogP contribution in [0.1, 0.15) is 63.1 Å². The van der Waals surface area contributed by atoms with Crippen molar-refractivity contribution in [2.45, 2.75) is 42.7 Å². The molecule has 1 saturated carbocycles. The molecule has 8 aromatic rings. The van der Waals surface area contributed by atoms with E-state index in [2.05, 4.69) is 54.6 Å². The fourth-order valence-electron chi connectivity index (χ4n) is 8.54. The molecule has 0 spiro atoms. The lowest BCUT2D eigenvalue weighted by atomic mass is 9.95. The molecule has 3 aromatic heterocycles. The smallest absolute Gasteiger partial charge is 0.354 e. The summed E-state index contributed by atoms with van der Waals surface area (Å²) in [4.78, 5) is 53.3. The summed E-state index contributed by atoms with van der Waals surface area (Å²) < 4.78 is 2.85.